The van der Waals surface area contributed by atoms with Crippen molar-refractivity contribution in [1.29, 1.82) is 0 Å². The van der Waals surface area contributed by atoms with Crippen molar-refractivity contribution in [3.05, 3.63) is 48.0 Å². The molecule has 0 spiro atoms. The van der Waals surface area contributed by atoms with E-state index in [0.29, 0.717) is 17.1 Å². The summed E-state index contributed by atoms with van der Waals surface area (Å²) < 4.78 is 12.5. The first-order chi connectivity index (χ1) is 12.7. The molecule has 0 aliphatic rings. The zero-order valence-corrected chi connectivity index (χ0v) is 15.9. The summed E-state index contributed by atoms with van der Waals surface area (Å²) in [5, 5.41) is 3.99. The van der Waals surface area contributed by atoms with Crippen LogP contribution in [0.2, 0.25) is 0 Å². The van der Waals surface area contributed by atoms with E-state index in [1.807, 2.05) is 36.4 Å². The number of para-hydroxylation sites is 2. The van der Waals surface area contributed by atoms with Gasteiger partial charge in [-0.15, -0.1) is 11.3 Å². The predicted molar refractivity (Wildman–Crippen MR) is 106 cm³/mol. The lowest BCUT2D eigenvalue weighted by Crippen LogP contribution is -2.19. The number of ether oxygens (including phenoxy) is 2. The maximum atomic E-state index is 12.0. The number of benzene rings is 2. The molecule has 1 aromatic heterocycles. The number of hydrogen-bond donors (Lipinski definition) is 1. The van der Waals surface area contributed by atoms with Crippen molar-refractivity contribution >= 4 is 45.4 Å². The molecule has 1 amide bonds. The van der Waals surface area contributed by atoms with E-state index < -0.39 is 0 Å². The fourth-order valence-electron chi connectivity index (χ4n) is 2.26. The second-order valence-electron chi connectivity index (χ2n) is 5.11. The number of carbonyl (C=O) groups is 1. The molecule has 0 fully saturated rings. The molecule has 3 rings (SSSR count). The van der Waals surface area contributed by atoms with Gasteiger partial charge in [-0.2, -0.15) is 5.10 Å². The summed E-state index contributed by atoms with van der Waals surface area (Å²) in [6.07, 6.45) is 1.53. The normalized spacial score (nSPS) is 11.0. The highest BCUT2D eigenvalue weighted by molar-refractivity contribution is 8.01. The number of hydrazone groups is 1. The number of thioether (sulfide) groups is 1. The Morgan fingerprint density at radius 3 is 2.85 bits per heavy atom. The van der Waals surface area contributed by atoms with Gasteiger partial charge >= 0.3 is 0 Å². The average molecular weight is 387 g/mol. The fraction of sp³-hybridized carbons (Fsp3) is 0.167. The largest absolute Gasteiger partial charge is 0.493 e. The predicted octanol–water partition coefficient (Wildman–Crippen LogP) is 3.56. The van der Waals surface area contributed by atoms with Gasteiger partial charge in [-0.25, -0.2) is 10.4 Å². The number of thiazole rings is 1. The van der Waals surface area contributed by atoms with Gasteiger partial charge < -0.3 is 9.47 Å². The third-order valence-corrected chi connectivity index (χ3v) is 5.61. The quantitative estimate of drug-likeness (QED) is 0.381. The Morgan fingerprint density at radius 1 is 1.23 bits per heavy atom. The van der Waals surface area contributed by atoms with E-state index in [2.05, 4.69) is 15.5 Å². The molecule has 6 nitrogen and oxygen atoms in total. The summed E-state index contributed by atoms with van der Waals surface area (Å²) in [7, 11) is 3.13. The van der Waals surface area contributed by atoms with Crippen LogP contribution in [0.3, 0.4) is 0 Å². The monoisotopic (exact) mass is 387 g/mol. The number of rotatable bonds is 7. The molecule has 0 saturated carbocycles. The van der Waals surface area contributed by atoms with E-state index in [0.717, 1.165) is 14.6 Å². The van der Waals surface area contributed by atoms with Crippen molar-refractivity contribution in [2.24, 2.45) is 5.10 Å². The van der Waals surface area contributed by atoms with Crippen LogP contribution in [0.15, 0.2) is 51.9 Å². The average Bonchev–Trinajstić information content (AvgIpc) is 3.09. The topological polar surface area (TPSA) is 72.8 Å². The van der Waals surface area contributed by atoms with Gasteiger partial charge in [0.15, 0.2) is 15.8 Å². The molecule has 0 aliphatic carbocycles. The van der Waals surface area contributed by atoms with Gasteiger partial charge in [-0.1, -0.05) is 30.0 Å². The molecule has 1 N–H and O–H groups in total. The molecule has 2 aromatic carbocycles. The van der Waals surface area contributed by atoms with Crippen LogP contribution in [0.25, 0.3) is 10.2 Å². The number of nitrogens with zero attached hydrogens (tertiary/aromatic N) is 2. The minimum absolute atomic E-state index is 0.202. The highest BCUT2D eigenvalue weighted by Gasteiger charge is 2.09. The van der Waals surface area contributed by atoms with Crippen molar-refractivity contribution in [3.8, 4) is 11.5 Å². The summed E-state index contributed by atoms with van der Waals surface area (Å²) in [6, 6.07) is 13.3. The second-order valence-corrected chi connectivity index (χ2v) is 7.37. The van der Waals surface area contributed by atoms with E-state index in [-0.39, 0.29) is 11.7 Å². The van der Waals surface area contributed by atoms with Gasteiger partial charge in [0.2, 0.25) is 0 Å². The summed E-state index contributed by atoms with van der Waals surface area (Å²) in [4.78, 5) is 16.5. The lowest BCUT2D eigenvalue weighted by atomic mass is 10.2. The molecule has 134 valence electrons. The Bertz CT molecular complexity index is 907. The van der Waals surface area contributed by atoms with E-state index in [1.54, 1.807) is 31.6 Å². The third kappa shape index (κ3) is 4.33. The minimum Gasteiger partial charge on any atom is -0.493 e. The summed E-state index contributed by atoms with van der Waals surface area (Å²) in [5.41, 5.74) is 4.18. The van der Waals surface area contributed by atoms with Crippen LogP contribution in [0, 0.1) is 0 Å². The van der Waals surface area contributed by atoms with Crippen molar-refractivity contribution in [2.45, 2.75) is 4.34 Å². The molecule has 3 aromatic rings. The molecule has 0 radical (unpaired) electrons. The zero-order chi connectivity index (χ0) is 18.4. The van der Waals surface area contributed by atoms with Crippen LogP contribution in [0.4, 0.5) is 0 Å². The first-order valence-electron chi connectivity index (χ1n) is 7.72. The molecule has 26 heavy (non-hydrogen) atoms. The third-order valence-electron chi connectivity index (χ3n) is 3.43. The van der Waals surface area contributed by atoms with E-state index in [4.69, 9.17) is 9.47 Å². The lowest BCUT2D eigenvalue weighted by Gasteiger charge is -2.09. The first-order valence-corrected chi connectivity index (χ1v) is 9.52. The molecule has 0 saturated heterocycles. The Kier molecular flexibility index (Phi) is 6.08. The standard InChI is InChI=1S/C18H17N3O3S2/c1-23-14-8-5-6-12(17(14)24-2)10-19-21-16(22)11-25-18-20-13-7-3-4-9-15(13)26-18/h3-10H,11H2,1-2H3,(H,21,22). The Hall–Kier alpha value is -2.58. The summed E-state index contributed by atoms with van der Waals surface area (Å²) in [5.74, 6) is 1.21. The van der Waals surface area contributed by atoms with E-state index in [1.165, 1.54) is 18.0 Å². The number of hydrogen-bond acceptors (Lipinski definition) is 7. The fourth-order valence-corrected chi connectivity index (χ4v) is 4.12. The Labute approximate surface area is 159 Å². The number of nitrogens with one attached hydrogen (secondary N) is 1. The summed E-state index contributed by atoms with van der Waals surface area (Å²) >= 11 is 2.96. The SMILES string of the molecule is COc1cccc(C=NNC(=O)CSc2nc3ccccc3s2)c1OC. The smallest absolute Gasteiger partial charge is 0.250 e. The van der Waals surface area contributed by atoms with Crippen LogP contribution >= 0.6 is 23.1 Å². The van der Waals surface area contributed by atoms with Gasteiger partial charge in [0.25, 0.3) is 5.91 Å². The molecule has 0 bridgehead atoms. The van der Waals surface area contributed by atoms with E-state index in [9.17, 15) is 4.79 Å². The van der Waals surface area contributed by atoms with Crippen molar-refractivity contribution in [1.82, 2.24) is 10.4 Å². The molecule has 0 atom stereocenters. The van der Waals surface area contributed by atoms with Crippen LogP contribution in [-0.2, 0) is 4.79 Å². The van der Waals surface area contributed by atoms with Gasteiger partial charge in [-0.3, -0.25) is 4.79 Å². The number of amides is 1. The minimum atomic E-state index is -0.202. The van der Waals surface area contributed by atoms with Gasteiger partial charge in [0.1, 0.15) is 0 Å². The maximum Gasteiger partial charge on any atom is 0.250 e. The van der Waals surface area contributed by atoms with Crippen LogP contribution in [0.5, 0.6) is 11.5 Å². The highest BCUT2D eigenvalue weighted by Crippen LogP contribution is 2.30. The Morgan fingerprint density at radius 2 is 2.08 bits per heavy atom. The first kappa shape index (κ1) is 18.2. The lowest BCUT2D eigenvalue weighted by molar-refractivity contribution is -0.118. The molecule has 0 unspecified atom stereocenters. The van der Waals surface area contributed by atoms with Crippen molar-refractivity contribution < 1.29 is 14.3 Å². The number of methoxy groups -OCH3 is 2. The van der Waals surface area contributed by atoms with E-state index >= 15 is 0 Å². The van der Waals surface area contributed by atoms with Crippen LogP contribution in [0.1, 0.15) is 5.56 Å². The number of carbonyl (C=O) groups excluding carboxylic acids is 1. The summed E-state index contributed by atoms with van der Waals surface area (Å²) in [6.45, 7) is 0. The van der Waals surface area contributed by atoms with Crippen molar-refractivity contribution in [3.63, 3.8) is 0 Å². The molecule has 8 heteroatoms. The molecule has 1 heterocycles. The highest BCUT2D eigenvalue weighted by atomic mass is 32.2. The zero-order valence-electron chi connectivity index (χ0n) is 14.3. The molecular formula is C18H17N3O3S2. The number of aromatic nitrogens is 1. The molecule has 0 aliphatic heterocycles. The van der Waals surface area contributed by atoms with Crippen LogP contribution < -0.4 is 14.9 Å². The second kappa shape index (κ2) is 8.68. The van der Waals surface area contributed by atoms with Crippen LogP contribution in [-0.4, -0.2) is 37.1 Å². The van der Waals surface area contributed by atoms with Crippen molar-refractivity contribution in [2.75, 3.05) is 20.0 Å². The van der Waals surface area contributed by atoms with Gasteiger partial charge in [0, 0.05) is 5.56 Å². The van der Waals surface area contributed by atoms with Gasteiger partial charge in [-0.05, 0) is 24.3 Å². The Balaban J connectivity index is 1.56. The number of fused-ring (bicyclic) bond motifs is 1. The molecular weight excluding hydrogens is 370 g/mol. The maximum absolute atomic E-state index is 12.0. The van der Waals surface area contributed by atoms with Gasteiger partial charge in [0.05, 0.1) is 36.4 Å².